The summed E-state index contributed by atoms with van der Waals surface area (Å²) in [6.07, 6.45) is 2.44. The van der Waals surface area contributed by atoms with Crippen molar-refractivity contribution in [3.8, 4) is 5.75 Å². The molecular formula is C13H14BrNO4. The van der Waals surface area contributed by atoms with Crippen molar-refractivity contribution in [2.24, 2.45) is 0 Å². The molecule has 1 N–H and O–H groups in total. The van der Waals surface area contributed by atoms with Gasteiger partial charge < -0.3 is 14.7 Å². The lowest BCUT2D eigenvalue weighted by Gasteiger charge is -2.13. The monoisotopic (exact) mass is 327 g/mol. The first-order valence-corrected chi connectivity index (χ1v) is 6.23. The maximum atomic E-state index is 11.4. The third kappa shape index (κ3) is 5.13. The number of likely N-dealkylation sites (N-methyl/N-ethyl adjacent to an activating group) is 1. The number of carboxylic acids is 1. The molecule has 19 heavy (non-hydrogen) atoms. The molecule has 5 nitrogen and oxygen atoms in total. The van der Waals surface area contributed by atoms with Gasteiger partial charge >= 0.3 is 5.97 Å². The molecule has 0 bridgehead atoms. The molecule has 102 valence electrons. The maximum Gasteiger partial charge on any atom is 0.328 e. The van der Waals surface area contributed by atoms with Crippen LogP contribution in [0.2, 0.25) is 0 Å². The minimum absolute atomic E-state index is 0.0947. The molecule has 0 aliphatic rings. The number of carboxylic acid groups (broad SMARTS) is 1. The average molecular weight is 328 g/mol. The van der Waals surface area contributed by atoms with Gasteiger partial charge in [0.2, 0.25) is 0 Å². The molecule has 1 rings (SSSR count). The molecule has 0 unspecified atom stereocenters. The Labute approximate surface area is 119 Å². The Morgan fingerprint density at radius 1 is 1.42 bits per heavy atom. The van der Waals surface area contributed by atoms with Crippen LogP contribution in [0.1, 0.15) is 5.56 Å². The summed E-state index contributed by atoms with van der Waals surface area (Å²) in [4.78, 5) is 23.4. The second-order valence-corrected chi connectivity index (χ2v) is 4.85. The van der Waals surface area contributed by atoms with Crippen LogP contribution in [0.3, 0.4) is 0 Å². The Morgan fingerprint density at radius 2 is 2.11 bits per heavy atom. The van der Waals surface area contributed by atoms with Crippen LogP contribution < -0.4 is 4.74 Å². The summed E-state index contributed by atoms with van der Waals surface area (Å²) in [7, 11) is 3.27. The number of halogens is 1. The fourth-order valence-electron chi connectivity index (χ4n) is 1.21. The lowest BCUT2D eigenvalue weighted by atomic mass is 10.2. The molecule has 1 aromatic rings. The number of carbonyl (C=O) groups excluding carboxylic acids is 1. The van der Waals surface area contributed by atoms with Gasteiger partial charge in [-0.05, 0) is 24.3 Å². The summed E-state index contributed by atoms with van der Waals surface area (Å²) >= 11 is 3.29. The Hall–Kier alpha value is -1.82. The Morgan fingerprint density at radius 3 is 2.68 bits per heavy atom. The van der Waals surface area contributed by atoms with Gasteiger partial charge in [0.1, 0.15) is 5.75 Å². The molecule has 0 aliphatic carbocycles. The van der Waals surface area contributed by atoms with Crippen molar-refractivity contribution in [3.05, 3.63) is 34.3 Å². The predicted molar refractivity (Wildman–Crippen MR) is 75.0 cm³/mol. The number of benzene rings is 1. The quantitative estimate of drug-likeness (QED) is 0.840. The van der Waals surface area contributed by atoms with Crippen molar-refractivity contribution >= 4 is 33.9 Å². The Balaban J connectivity index is 2.88. The SMILES string of the molecule is CN(C)C(=O)COc1ccc(Br)cc1/C=C/C(=O)O. The van der Waals surface area contributed by atoms with Crippen LogP contribution in [0.5, 0.6) is 5.75 Å². The molecule has 0 atom stereocenters. The lowest BCUT2D eigenvalue weighted by Crippen LogP contribution is -2.27. The number of hydrogen-bond donors (Lipinski definition) is 1. The minimum atomic E-state index is -1.05. The second-order valence-electron chi connectivity index (χ2n) is 3.93. The van der Waals surface area contributed by atoms with Gasteiger partial charge in [0, 0.05) is 30.2 Å². The molecule has 0 saturated carbocycles. The van der Waals surface area contributed by atoms with Crippen LogP contribution in [0, 0.1) is 0 Å². The van der Waals surface area contributed by atoms with E-state index in [1.165, 1.54) is 11.0 Å². The van der Waals surface area contributed by atoms with E-state index in [9.17, 15) is 9.59 Å². The molecule has 1 amide bonds. The van der Waals surface area contributed by atoms with Gasteiger partial charge in [0.25, 0.3) is 5.91 Å². The van der Waals surface area contributed by atoms with Crippen molar-refractivity contribution in [3.63, 3.8) is 0 Å². The molecule has 0 fully saturated rings. The normalized spacial score (nSPS) is 10.5. The van der Waals surface area contributed by atoms with Gasteiger partial charge in [0.05, 0.1) is 0 Å². The van der Waals surface area contributed by atoms with E-state index in [0.29, 0.717) is 11.3 Å². The first-order chi connectivity index (χ1) is 8.90. The first-order valence-electron chi connectivity index (χ1n) is 5.43. The van der Waals surface area contributed by atoms with E-state index in [1.807, 2.05) is 0 Å². The van der Waals surface area contributed by atoms with E-state index >= 15 is 0 Å². The fourth-order valence-corrected chi connectivity index (χ4v) is 1.59. The zero-order valence-corrected chi connectivity index (χ0v) is 12.2. The van der Waals surface area contributed by atoms with Gasteiger partial charge in [0.15, 0.2) is 6.61 Å². The summed E-state index contributed by atoms with van der Waals surface area (Å²) in [6.45, 7) is -0.0947. The molecule has 0 aliphatic heterocycles. The van der Waals surface area contributed by atoms with E-state index in [2.05, 4.69) is 15.9 Å². The zero-order valence-electron chi connectivity index (χ0n) is 10.6. The van der Waals surface area contributed by atoms with E-state index in [0.717, 1.165) is 10.5 Å². The number of rotatable bonds is 5. The molecule has 1 aromatic carbocycles. The smallest absolute Gasteiger partial charge is 0.328 e. The van der Waals surface area contributed by atoms with Crippen LogP contribution in [0.15, 0.2) is 28.7 Å². The first kappa shape index (κ1) is 15.2. The van der Waals surface area contributed by atoms with Crippen molar-refractivity contribution in [1.82, 2.24) is 4.90 Å². The van der Waals surface area contributed by atoms with E-state index < -0.39 is 5.97 Å². The van der Waals surface area contributed by atoms with Crippen molar-refractivity contribution in [1.29, 1.82) is 0 Å². The van der Waals surface area contributed by atoms with Crippen LogP contribution in [0.25, 0.3) is 6.08 Å². The summed E-state index contributed by atoms with van der Waals surface area (Å²) < 4.78 is 6.19. The molecule has 0 radical (unpaired) electrons. The van der Waals surface area contributed by atoms with Gasteiger partial charge in [-0.3, -0.25) is 4.79 Å². The summed E-state index contributed by atoms with van der Waals surface area (Å²) in [5, 5.41) is 8.63. The highest BCUT2D eigenvalue weighted by atomic mass is 79.9. The van der Waals surface area contributed by atoms with Crippen LogP contribution in [-0.4, -0.2) is 42.6 Å². The topological polar surface area (TPSA) is 66.8 Å². The van der Waals surface area contributed by atoms with Crippen LogP contribution in [-0.2, 0) is 9.59 Å². The highest BCUT2D eigenvalue weighted by Crippen LogP contribution is 2.24. The third-order valence-electron chi connectivity index (χ3n) is 2.23. The average Bonchev–Trinajstić information content (AvgIpc) is 2.34. The van der Waals surface area contributed by atoms with Crippen molar-refractivity contribution in [2.45, 2.75) is 0 Å². The van der Waals surface area contributed by atoms with E-state index in [4.69, 9.17) is 9.84 Å². The molecular weight excluding hydrogens is 314 g/mol. The molecule has 0 spiro atoms. The highest BCUT2D eigenvalue weighted by molar-refractivity contribution is 9.10. The Kier molecular flexibility index (Phi) is 5.57. The lowest BCUT2D eigenvalue weighted by molar-refractivity contribution is -0.132. The van der Waals surface area contributed by atoms with Crippen LogP contribution in [0.4, 0.5) is 0 Å². The van der Waals surface area contributed by atoms with Gasteiger partial charge in [-0.2, -0.15) is 0 Å². The second kappa shape index (κ2) is 6.94. The van der Waals surface area contributed by atoms with E-state index in [-0.39, 0.29) is 12.5 Å². The third-order valence-corrected chi connectivity index (χ3v) is 2.72. The number of nitrogens with zero attached hydrogens (tertiary/aromatic N) is 1. The maximum absolute atomic E-state index is 11.4. The summed E-state index contributed by atoms with van der Waals surface area (Å²) in [5.41, 5.74) is 0.586. The minimum Gasteiger partial charge on any atom is -0.483 e. The molecule has 0 aromatic heterocycles. The standard InChI is InChI=1S/C13H14BrNO4/c1-15(2)12(16)8-19-11-5-4-10(14)7-9(11)3-6-13(17)18/h3-7H,8H2,1-2H3,(H,17,18)/b6-3+. The largest absolute Gasteiger partial charge is 0.483 e. The number of amides is 1. The molecule has 0 heterocycles. The molecule has 6 heteroatoms. The number of carbonyl (C=O) groups is 2. The van der Waals surface area contributed by atoms with E-state index in [1.54, 1.807) is 32.3 Å². The van der Waals surface area contributed by atoms with Crippen molar-refractivity contribution in [2.75, 3.05) is 20.7 Å². The summed E-state index contributed by atoms with van der Waals surface area (Å²) in [6, 6.07) is 5.15. The number of ether oxygens (including phenoxy) is 1. The fraction of sp³-hybridized carbons (Fsp3) is 0.231. The van der Waals surface area contributed by atoms with Crippen molar-refractivity contribution < 1.29 is 19.4 Å². The number of hydrogen-bond acceptors (Lipinski definition) is 3. The molecule has 0 saturated heterocycles. The van der Waals surface area contributed by atoms with Crippen LogP contribution >= 0.6 is 15.9 Å². The van der Waals surface area contributed by atoms with Gasteiger partial charge in [-0.1, -0.05) is 15.9 Å². The van der Waals surface area contributed by atoms with Gasteiger partial charge in [-0.25, -0.2) is 4.79 Å². The zero-order chi connectivity index (χ0) is 14.4. The van der Waals surface area contributed by atoms with Gasteiger partial charge in [-0.15, -0.1) is 0 Å². The number of aliphatic carboxylic acids is 1. The highest BCUT2D eigenvalue weighted by Gasteiger charge is 2.08. The summed E-state index contributed by atoms with van der Waals surface area (Å²) in [5.74, 6) is -0.762. The predicted octanol–water partition coefficient (Wildman–Crippen LogP) is 2.01. The Bertz CT molecular complexity index is 511.